The molecule has 0 aromatic heterocycles. The fraction of sp³-hybridized carbons (Fsp3) is 0.667. The van der Waals surface area contributed by atoms with Gasteiger partial charge in [-0.25, -0.2) is 17.6 Å². The first-order valence-electron chi connectivity index (χ1n) is 8.87. The van der Waals surface area contributed by atoms with E-state index >= 15 is 0 Å². The first kappa shape index (κ1) is 25.7. The number of ether oxygens (including phenoxy) is 1. The standard InChI is InChI=1S/C11H15F2NO.C7H17F2N3/c1-11(12,13)7-10(14)15-8-9-5-3-2-4-6-9;8-7(9,2-4-11)6-12-5-1-3-10/h2-6,10H,7-8,14H2,1H3;12H,1-6,10-11H2. The molecule has 0 spiro atoms. The van der Waals surface area contributed by atoms with E-state index in [9.17, 15) is 17.6 Å². The fourth-order valence-corrected chi connectivity index (χ4v) is 1.99. The zero-order chi connectivity index (χ0) is 20.8. The van der Waals surface area contributed by atoms with E-state index in [1.807, 2.05) is 30.3 Å². The van der Waals surface area contributed by atoms with Crippen molar-refractivity contribution >= 4 is 0 Å². The van der Waals surface area contributed by atoms with Crippen molar-refractivity contribution in [3.05, 3.63) is 35.9 Å². The van der Waals surface area contributed by atoms with E-state index < -0.39 is 24.5 Å². The number of nitrogens with one attached hydrogen (secondary N) is 1. The summed E-state index contributed by atoms with van der Waals surface area (Å²) in [5.41, 5.74) is 16.5. The Morgan fingerprint density at radius 2 is 1.70 bits per heavy atom. The van der Waals surface area contributed by atoms with Gasteiger partial charge < -0.3 is 27.3 Å². The molecule has 0 aliphatic carbocycles. The van der Waals surface area contributed by atoms with Crippen molar-refractivity contribution in [3.63, 3.8) is 0 Å². The predicted molar refractivity (Wildman–Crippen MR) is 99.6 cm³/mol. The average Bonchev–Trinajstić information content (AvgIpc) is 2.57. The maximum Gasteiger partial charge on any atom is 0.261 e. The third kappa shape index (κ3) is 16.6. The quantitative estimate of drug-likeness (QED) is 0.247. The van der Waals surface area contributed by atoms with Crippen LogP contribution >= 0.6 is 0 Å². The molecule has 1 atom stereocenters. The van der Waals surface area contributed by atoms with Crippen molar-refractivity contribution in [1.82, 2.24) is 5.32 Å². The van der Waals surface area contributed by atoms with Crippen LogP contribution in [0.4, 0.5) is 17.6 Å². The summed E-state index contributed by atoms with van der Waals surface area (Å²) >= 11 is 0. The van der Waals surface area contributed by atoms with Gasteiger partial charge in [-0.05, 0) is 38.5 Å². The summed E-state index contributed by atoms with van der Waals surface area (Å²) in [4.78, 5) is 0. The molecule has 1 aromatic carbocycles. The molecule has 0 saturated heterocycles. The second-order valence-electron chi connectivity index (χ2n) is 6.32. The Bertz CT molecular complexity index is 472. The lowest BCUT2D eigenvalue weighted by molar-refractivity contribution is -0.0556. The van der Waals surface area contributed by atoms with Gasteiger partial charge in [0.25, 0.3) is 5.92 Å². The van der Waals surface area contributed by atoms with E-state index in [2.05, 4.69) is 5.32 Å². The number of halogens is 4. The van der Waals surface area contributed by atoms with Crippen LogP contribution in [0.1, 0.15) is 31.7 Å². The highest BCUT2D eigenvalue weighted by atomic mass is 19.3. The van der Waals surface area contributed by atoms with E-state index in [0.29, 0.717) is 13.1 Å². The molecule has 158 valence electrons. The number of hydrogen-bond acceptors (Lipinski definition) is 5. The first-order chi connectivity index (χ1) is 12.6. The highest BCUT2D eigenvalue weighted by Gasteiger charge is 2.26. The molecule has 27 heavy (non-hydrogen) atoms. The van der Waals surface area contributed by atoms with Crippen molar-refractivity contribution in [2.75, 3.05) is 26.2 Å². The molecule has 0 heterocycles. The summed E-state index contributed by atoms with van der Waals surface area (Å²) in [7, 11) is 0. The normalized spacial score (nSPS) is 13.0. The van der Waals surface area contributed by atoms with Gasteiger partial charge in [0.05, 0.1) is 19.6 Å². The van der Waals surface area contributed by atoms with E-state index in [1.165, 1.54) is 0 Å². The minimum absolute atomic E-state index is 0.0194. The summed E-state index contributed by atoms with van der Waals surface area (Å²) in [6.07, 6.45) is -0.925. The number of benzene rings is 1. The third-order valence-electron chi connectivity index (χ3n) is 3.32. The van der Waals surface area contributed by atoms with Crippen molar-refractivity contribution < 1.29 is 22.3 Å². The fourth-order valence-electron chi connectivity index (χ4n) is 1.99. The second kappa shape index (κ2) is 13.8. The summed E-state index contributed by atoms with van der Waals surface area (Å²) in [6, 6.07) is 9.31. The van der Waals surface area contributed by atoms with Crippen molar-refractivity contribution in [2.24, 2.45) is 17.2 Å². The zero-order valence-electron chi connectivity index (χ0n) is 15.8. The van der Waals surface area contributed by atoms with Crippen molar-refractivity contribution in [3.8, 4) is 0 Å². The van der Waals surface area contributed by atoms with Crippen LogP contribution in [0.3, 0.4) is 0 Å². The monoisotopic (exact) mass is 396 g/mol. The van der Waals surface area contributed by atoms with Crippen molar-refractivity contribution in [2.45, 2.75) is 50.9 Å². The summed E-state index contributed by atoms with van der Waals surface area (Å²) in [5.74, 6) is -5.46. The Morgan fingerprint density at radius 3 is 2.22 bits per heavy atom. The smallest absolute Gasteiger partial charge is 0.261 e. The summed E-state index contributed by atoms with van der Waals surface area (Å²) < 4.78 is 55.5. The third-order valence-corrected chi connectivity index (χ3v) is 3.32. The first-order valence-corrected chi connectivity index (χ1v) is 8.87. The second-order valence-corrected chi connectivity index (χ2v) is 6.32. The van der Waals surface area contributed by atoms with E-state index in [4.69, 9.17) is 21.9 Å². The molecule has 7 N–H and O–H groups in total. The molecule has 0 saturated carbocycles. The van der Waals surface area contributed by atoms with Gasteiger partial charge in [0.15, 0.2) is 0 Å². The van der Waals surface area contributed by atoms with E-state index in [1.54, 1.807) is 0 Å². The molecule has 5 nitrogen and oxygen atoms in total. The number of alkyl halides is 4. The number of nitrogens with two attached hydrogens (primary N) is 3. The molecule has 1 unspecified atom stereocenters. The zero-order valence-corrected chi connectivity index (χ0v) is 15.8. The average molecular weight is 396 g/mol. The van der Waals surface area contributed by atoms with Crippen LogP contribution < -0.4 is 22.5 Å². The van der Waals surface area contributed by atoms with Gasteiger partial charge in [0.1, 0.15) is 6.23 Å². The van der Waals surface area contributed by atoms with Crippen LogP contribution in [0.5, 0.6) is 0 Å². The molecular formula is C18H32F4N4O. The predicted octanol–water partition coefficient (Wildman–Crippen LogP) is 2.44. The molecule has 0 aliphatic heterocycles. The van der Waals surface area contributed by atoms with Gasteiger partial charge in [0.2, 0.25) is 5.92 Å². The van der Waals surface area contributed by atoms with Gasteiger partial charge in [-0.3, -0.25) is 0 Å². The lowest BCUT2D eigenvalue weighted by Gasteiger charge is -2.17. The van der Waals surface area contributed by atoms with Gasteiger partial charge in [-0.2, -0.15) is 0 Å². The minimum Gasteiger partial charge on any atom is -0.359 e. The van der Waals surface area contributed by atoms with Gasteiger partial charge in [-0.15, -0.1) is 0 Å². The van der Waals surface area contributed by atoms with Gasteiger partial charge >= 0.3 is 0 Å². The lowest BCUT2D eigenvalue weighted by atomic mass is 10.2. The minimum atomic E-state index is -2.78. The Morgan fingerprint density at radius 1 is 1.07 bits per heavy atom. The summed E-state index contributed by atoms with van der Waals surface area (Å²) in [5, 5.41) is 2.63. The van der Waals surface area contributed by atoms with Crippen molar-refractivity contribution in [1.29, 1.82) is 0 Å². The summed E-state index contributed by atoms with van der Waals surface area (Å²) in [6.45, 7) is 1.87. The topological polar surface area (TPSA) is 99.3 Å². The van der Waals surface area contributed by atoms with Crippen LogP contribution in [-0.4, -0.2) is 44.3 Å². The molecule has 0 aliphatic rings. The van der Waals surface area contributed by atoms with Crippen LogP contribution in [0.2, 0.25) is 0 Å². The Labute approximate surface area is 158 Å². The lowest BCUT2D eigenvalue weighted by Crippen LogP contribution is -2.35. The largest absolute Gasteiger partial charge is 0.359 e. The van der Waals surface area contributed by atoms with E-state index in [0.717, 1.165) is 18.9 Å². The highest BCUT2D eigenvalue weighted by molar-refractivity contribution is 5.13. The Kier molecular flexibility index (Phi) is 13.2. The molecule has 0 bridgehead atoms. The van der Waals surface area contributed by atoms with Gasteiger partial charge in [0, 0.05) is 6.42 Å². The molecule has 0 fully saturated rings. The molecule has 0 radical (unpaired) electrons. The van der Waals surface area contributed by atoms with Crippen LogP contribution in [-0.2, 0) is 11.3 Å². The number of hydrogen-bond donors (Lipinski definition) is 4. The molecule has 1 rings (SSSR count). The van der Waals surface area contributed by atoms with Gasteiger partial charge in [-0.1, -0.05) is 30.3 Å². The Balaban J connectivity index is 0.000000516. The van der Waals surface area contributed by atoms with E-state index in [-0.39, 0.29) is 26.1 Å². The maximum absolute atomic E-state index is 12.7. The molecule has 9 heteroatoms. The molecule has 0 amide bonds. The molecular weight excluding hydrogens is 364 g/mol. The van der Waals surface area contributed by atoms with Crippen LogP contribution in [0.15, 0.2) is 30.3 Å². The number of rotatable bonds is 12. The van der Waals surface area contributed by atoms with Crippen LogP contribution in [0.25, 0.3) is 0 Å². The SMILES string of the molecule is CC(F)(F)CC(N)OCc1ccccc1.NCCCNCC(F)(F)CCN. The van der Waals surface area contributed by atoms with Crippen LogP contribution in [0, 0.1) is 0 Å². The Hall–Kier alpha value is -1.26. The highest BCUT2D eigenvalue weighted by Crippen LogP contribution is 2.19. The molecule has 1 aromatic rings. The maximum atomic E-state index is 12.7.